The predicted molar refractivity (Wildman–Crippen MR) is 99.1 cm³/mol. The van der Waals surface area contributed by atoms with Crippen LogP contribution in [-0.4, -0.2) is 74.2 Å². The number of hydrogen-bond donors (Lipinski definition) is 2. The van der Waals surface area contributed by atoms with Crippen LogP contribution < -0.4 is 10.6 Å². The average Bonchev–Trinajstić information content (AvgIpc) is 2.60. The van der Waals surface area contributed by atoms with E-state index in [9.17, 15) is 0 Å². The van der Waals surface area contributed by atoms with Crippen molar-refractivity contribution in [2.45, 2.75) is 64.5 Å². The molecule has 5 nitrogen and oxygen atoms in total. The van der Waals surface area contributed by atoms with Gasteiger partial charge in [0.05, 0.1) is 0 Å². The molecule has 0 aromatic carbocycles. The van der Waals surface area contributed by atoms with Gasteiger partial charge in [-0.1, -0.05) is 20.3 Å². The van der Waals surface area contributed by atoms with Gasteiger partial charge in [0, 0.05) is 38.8 Å². The zero-order chi connectivity index (χ0) is 16.5. The summed E-state index contributed by atoms with van der Waals surface area (Å²) in [6, 6.07) is 1.24. The second kappa shape index (κ2) is 10.1. The standard InChI is InChI=1S/C18H37N5/c1-4-11-22-13-9-16(10-14-22)21-18(19-3)20-15-17-8-6-7-12-23(17)5-2/h16-17H,4-15H2,1-3H3,(H2,19,20,21). The second-order valence-corrected chi connectivity index (χ2v) is 6.99. The highest BCUT2D eigenvalue weighted by atomic mass is 15.2. The van der Waals surface area contributed by atoms with E-state index in [1.54, 1.807) is 0 Å². The van der Waals surface area contributed by atoms with Crippen molar-refractivity contribution in [3.05, 3.63) is 0 Å². The van der Waals surface area contributed by atoms with Crippen molar-refractivity contribution in [2.24, 2.45) is 4.99 Å². The molecule has 0 aliphatic carbocycles. The van der Waals surface area contributed by atoms with Crippen LogP contribution in [0.4, 0.5) is 0 Å². The van der Waals surface area contributed by atoms with Gasteiger partial charge < -0.3 is 15.5 Å². The Hall–Kier alpha value is -0.810. The van der Waals surface area contributed by atoms with Gasteiger partial charge in [0.15, 0.2) is 5.96 Å². The Morgan fingerprint density at radius 1 is 1.09 bits per heavy atom. The molecule has 0 saturated carbocycles. The average molecular weight is 324 g/mol. The van der Waals surface area contributed by atoms with E-state index < -0.39 is 0 Å². The number of piperidine rings is 2. The minimum atomic E-state index is 0.572. The summed E-state index contributed by atoms with van der Waals surface area (Å²) in [7, 11) is 1.89. The lowest BCUT2D eigenvalue weighted by Crippen LogP contribution is -2.52. The maximum Gasteiger partial charge on any atom is 0.191 e. The zero-order valence-electron chi connectivity index (χ0n) is 15.5. The molecule has 23 heavy (non-hydrogen) atoms. The number of nitrogens with zero attached hydrogens (tertiary/aromatic N) is 3. The van der Waals surface area contributed by atoms with Crippen LogP contribution in [-0.2, 0) is 0 Å². The van der Waals surface area contributed by atoms with E-state index in [0.29, 0.717) is 12.1 Å². The molecule has 0 radical (unpaired) electrons. The molecule has 0 aromatic heterocycles. The summed E-state index contributed by atoms with van der Waals surface area (Å²) in [6.07, 6.45) is 7.75. The Morgan fingerprint density at radius 3 is 2.52 bits per heavy atom. The molecule has 1 atom stereocenters. The smallest absolute Gasteiger partial charge is 0.191 e. The Balaban J connectivity index is 1.71. The van der Waals surface area contributed by atoms with Crippen molar-refractivity contribution in [1.29, 1.82) is 0 Å². The lowest BCUT2D eigenvalue weighted by Gasteiger charge is -2.36. The molecule has 2 heterocycles. The monoisotopic (exact) mass is 323 g/mol. The lowest BCUT2D eigenvalue weighted by atomic mass is 10.0. The number of guanidine groups is 1. The summed E-state index contributed by atoms with van der Waals surface area (Å²) in [6.45, 7) is 11.6. The molecule has 2 fully saturated rings. The zero-order valence-corrected chi connectivity index (χ0v) is 15.5. The van der Waals surface area contributed by atoms with Crippen molar-refractivity contribution in [2.75, 3.05) is 46.3 Å². The van der Waals surface area contributed by atoms with Crippen molar-refractivity contribution in [3.8, 4) is 0 Å². The van der Waals surface area contributed by atoms with Gasteiger partial charge in [-0.15, -0.1) is 0 Å². The van der Waals surface area contributed by atoms with Crippen LogP contribution in [0.3, 0.4) is 0 Å². The van der Waals surface area contributed by atoms with Crippen LogP contribution in [0.5, 0.6) is 0 Å². The summed E-state index contributed by atoms with van der Waals surface area (Å²) in [5, 5.41) is 7.21. The largest absolute Gasteiger partial charge is 0.355 e. The van der Waals surface area contributed by atoms with Crippen molar-refractivity contribution < 1.29 is 0 Å². The van der Waals surface area contributed by atoms with E-state index in [1.807, 2.05) is 7.05 Å². The minimum Gasteiger partial charge on any atom is -0.355 e. The topological polar surface area (TPSA) is 42.9 Å². The molecule has 5 heteroatoms. The first-order valence-corrected chi connectivity index (χ1v) is 9.70. The molecular formula is C18H37N5. The number of likely N-dealkylation sites (N-methyl/N-ethyl adjacent to an activating group) is 1. The first-order chi connectivity index (χ1) is 11.3. The van der Waals surface area contributed by atoms with Crippen LogP contribution in [0.1, 0.15) is 52.4 Å². The number of likely N-dealkylation sites (tertiary alicyclic amines) is 2. The maximum atomic E-state index is 4.44. The molecule has 0 bridgehead atoms. The molecule has 2 saturated heterocycles. The highest BCUT2D eigenvalue weighted by Gasteiger charge is 2.22. The van der Waals surface area contributed by atoms with E-state index >= 15 is 0 Å². The lowest BCUT2D eigenvalue weighted by molar-refractivity contribution is 0.157. The normalized spacial score (nSPS) is 25.5. The molecule has 2 N–H and O–H groups in total. The SMILES string of the molecule is CCCN1CCC(NC(=NC)NCC2CCCCN2CC)CC1. The number of nitrogens with one attached hydrogen (secondary N) is 2. The Labute approximate surface area is 142 Å². The third-order valence-corrected chi connectivity index (χ3v) is 5.35. The van der Waals surface area contributed by atoms with Crippen molar-refractivity contribution >= 4 is 5.96 Å². The Morgan fingerprint density at radius 2 is 1.87 bits per heavy atom. The van der Waals surface area contributed by atoms with Crippen LogP contribution in [0, 0.1) is 0 Å². The molecule has 134 valence electrons. The van der Waals surface area contributed by atoms with Gasteiger partial charge in [0.25, 0.3) is 0 Å². The molecule has 1 unspecified atom stereocenters. The van der Waals surface area contributed by atoms with Gasteiger partial charge >= 0.3 is 0 Å². The maximum absolute atomic E-state index is 4.44. The fraction of sp³-hybridized carbons (Fsp3) is 0.944. The van der Waals surface area contributed by atoms with E-state index in [1.165, 1.54) is 64.7 Å². The van der Waals surface area contributed by atoms with Crippen LogP contribution in [0.2, 0.25) is 0 Å². The van der Waals surface area contributed by atoms with Crippen molar-refractivity contribution in [1.82, 2.24) is 20.4 Å². The summed E-state index contributed by atoms with van der Waals surface area (Å²) >= 11 is 0. The highest BCUT2D eigenvalue weighted by molar-refractivity contribution is 5.80. The number of rotatable bonds is 6. The van der Waals surface area contributed by atoms with E-state index in [-0.39, 0.29) is 0 Å². The van der Waals surface area contributed by atoms with E-state index in [2.05, 4.69) is 39.3 Å². The minimum absolute atomic E-state index is 0.572. The summed E-state index contributed by atoms with van der Waals surface area (Å²) < 4.78 is 0. The molecule has 2 aliphatic rings. The van der Waals surface area contributed by atoms with E-state index in [4.69, 9.17) is 0 Å². The number of hydrogen-bond acceptors (Lipinski definition) is 3. The molecular weight excluding hydrogens is 286 g/mol. The van der Waals surface area contributed by atoms with Crippen LogP contribution >= 0.6 is 0 Å². The number of aliphatic imine (C=N–C) groups is 1. The fourth-order valence-corrected chi connectivity index (χ4v) is 3.93. The van der Waals surface area contributed by atoms with Gasteiger partial charge in [-0.3, -0.25) is 9.89 Å². The first-order valence-electron chi connectivity index (χ1n) is 9.70. The van der Waals surface area contributed by atoms with Gasteiger partial charge in [0.2, 0.25) is 0 Å². The van der Waals surface area contributed by atoms with Crippen LogP contribution in [0.25, 0.3) is 0 Å². The summed E-state index contributed by atoms with van der Waals surface area (Å²) in [4.78, 5) is 9.62. The molecule has 0 spiro atoms. The summed E-state index contributed by atoms with van der Waals surface area (Å²) in [5.41, 5.74) is 0. The molecule has 2 aliphatic heterocycles. The van der Waals surface area contributed by atoms with Crippen molar-refractivity contribution in [3.63, 3.8) is 0 Å². The first kappa shape index (κ1) is 18.5. The van der Waals surface area contributed by atoms with Gasteiger partial charge in [0.1, 0.15) is 0 Å². The third kappa shape index (κ3) is 5.96. The molecule has 0 aromatic rings. The Kier molecular flexibility index (Phi) is 8.17. The molecule has 0 amide bonds. The predicted octanol–water partition coefficient (Wildman–Crippen LogP) is 1.90. The second-order valence-electron chi connectivity index (χ2n) is 6.99. The van der Waals surface area contributed by atoms with Gasteiger partial charge in [-0.05, 0) is 51.7 Å². The van der Waals surface area contributed by atoms with Gasteiger partial charge in [-0.2, -0.15) is 0 Å². The quantitative estimate of drug-likeness (QED) is 0.579. The third-order valence-electron chi connectivity index (χ3n) is 5.35. The van der Waals surface area contributed by atoms with Gasteiger partial charge in [-0.25, -0.2) is 0 Å². The molecule has 2 rings (SSSR count). The van der Waals surface area contributed by atoms with E-state index in [0.717, 1.165) is 19.0 Å². The highest BCUT2D eigenvalue weighted by Crippen LogP contribution is 2.16. The Bertz CT molecular complexity index is 349. The van der Waals surface area contributed by atoms with Crippen LogP contribution in [0.15, 0.2) is 4.99 Å². The summed E-state index contributed by atoms with van der Waals surface area (Å²) in [5.74, 6) is 0.987. The fourth-order valence-electron chi connectivity index (χ4n) is 3.93.